The first-order chi connectivity index (χ1) is 9.61. The molecule has 1 aromatic carbocycles. The minimum absolute atomic E-state index is 0.656. The first-order valence-corrected chi connectivity index (χ1v) is 7.52. The highest BCUT2D eigenvalue weighted by molar-refractivity contribution is 6.30. The molecule has 0 atom stereocenters. The molecule has 0 aliphatic heterocycles. The molecule has 0 aliphatic rings. The van der Waals surface area contributed by atoms with Crippen molar-refractivity contribution in [1.82, 2.24) is 15.1 Å². The van der Waals surface area contributed by atoms with Gasteiger partial charge >= 0.3 is 0 Å². The molecule has 0 aliphatic carbocycles. The Kier molecular flexibility index (Phi) is 5.21. The van der Waals surface area contributed by atoms with Crippen LogP contribution in [0.2, 0.25) is 5.02 Å². The van der Waals surface area contributed by atoms with Crippen molar-refractivity contribution in [1.29, 1.82) is 0 Å². The van der Waals surface area contributed by atoms with E-state index in [-0.39, 0.29) is 0 Å². The van der Waals surface area contributed by atoms with Crippen LogP contribution in [0.5, 0.6) is 0 Å². The minimum Gasteiger partial charge on any atom is -0.312 e. The molecule has 108 valence electrons. The number of hydrogen-bond acceptors (Lipinski definition) is 2. The van der Waals surface area contributed by atoms with Crippen molar-refractivity contribution < 1.29 is 0 Å². The second-order valence-electron chi connectivity index (χ2n) is 5.39. The lowest BCUT2D eigenvalue weighted by molar-refractivity contribution is 0.551. The van der Waals surface area contributed by atoms with Crippen LogP contribution in [0.15, 0.2) is 30.5 Å². The number of benzene rings is 1. The van der Waals surface area contributed by atoms with Crippen LogP contribution in [0.3, 0.4) is 0 Å². The lowest BCUT2D eigenvalue weighted by Gasteiger charge is -2.10. The first kappa shape index (κ1) is 15.1. The van der Waals surface area contributed by atoms with Gasteiger partial charge in [0.2, 0.25) is 0 Å². The van der Waals surface area contributed by atoms with Crippen LogP contribution in [-0.4, -0.2) is 16.3 Å². The molecule has 20 heavy (non-hydrogen) atoms. The molecule has 1 heterocycles. The normalized spacial score (nSPS) is 11.2. The number of nitrogens with one attached hydrogen (secondary N) is 1. The molecule has 0 radical (unpaired) electrons. The predicted molar refractivity (Wildman–Crippen MR) is 84.5 cm³/mol. The van der Waals surface area contributed by atoms with Gasteiger partial charge in [0.25, 0.3) is 0 Å². The maximum absolute atomic E-state index is 6.06. The van der Waals surface area contributed by atoms with Crippen LogP contribution < -0.4 is 5.32 Å². The highest BCUT2D eigenvalue weighted by Crippen LogP contribution is 2.19. The molecule has 0 amide bonds. The molecule has 0 fully saturated rings. The highest BCUT2D eigenvalue weighted by Gasteiger charge is 2.10. The van der Waals surface area contributed by atoms with Crippen molar-refractivity contribution in [3.8, 4) is 5.69 Å². The van der Waals surface area contributed by atoms with Crippen molar-refractivity contribution in [2.24, 2.45) is 5.92 Å². The Hall–Kier alpha value is -1.32. The summed E-state index contributed by atoms with van der Waals surface area (Å²) < 4.78 is 1.98. The Balaban J connectivity index is 2.21. The summed E-state index contributed by atoms with van der Waals surface area (Å²) >= 11 is 6.06. The Morgan fingerprint density at radius 1 is 1.35 bits per heavy atom. The first-order valence-electron chi connectivity index (χ1n) is 7.14. The lowest BCUT2D eigenvalue weighted by Crippen LogP contribution is -2.19. The molecule has 3 nitrogen and oxygen atoms in total. The van der Waals surface area contributed by atoms with E-state index in [0.29, 0.717) is 5.92 Å². The smallest absolute Gasteiger partial charge is 0.0663 e. The zero-order valence-corrected chi connectivity index (χ0v) is 13.1. The lowest BCUT2D eigenvalue weighted by atomic mass is 10.2. The van der Waals surface area contributed by atoms with Gasteiger partial charge in [0.15, 0.2) is 0 Å². The molecule has 0 saturated carbocycles. The topological polar surface area (TPSA) is 29.9 Å². The summed E-state index contributed by atoms with van der Waals surface area (Å²) in [5.74, 6) is 0.656. The van der Waals surface area contributed by atoms with E-state index in [1.165, 1.54) is 11.3 Å². The van der Waals surface area contributed by atoms with Crippen LogP contribution in [0.25, 0.3) is 5.69 Å². The van der Waals surface area contributed by atoms with Crippen molar-refractivity contribution in [3.63, 3.8) is 0 Å². The number of hydrogen-bond donors (Lipinski definition) is 1. The quantitative estimate of drug-likeness (QED) is 0.876. The van der Waals surface area contributed by atoms with E-state index < -0.39 is 0 Å². The van der Waals surface area contributed by atoms with Gasteiger partial charge in [-0.2, -0.15) is 5.10 Å². The molecule has 1 N–H and O–H groups in total. The Bertz CT molecular complexity index is 561. The SMILES string of the molecule is CCc1c(CNCC(C)C)cnn1-c1cccc(Cl)c1. The fourth-order valence-electron chi connectivity index (χ4n) is 2.26. The Morgan fingerprint density at radius 2 is 2.15 bits per heavy atom. The summed E-state index contributed by atoms with van der Waals surface area (Å²) in [4.78, 5) is 0. The number of aromatic nitrogens is 2. The van der Waals surface area contributed by atoms with E-state index in [9.17, 15) is 0 Å². The molecular weight excluding hydrogens is 270 g/mol. The zero-order chi connectivity index (χ0) is 14.5. The number of rotatable bonds is 6. The van der Waals surface area contributed by atoms with Gasteiger partial charge in [0.05, 0.1) is 11.9 Å². The third-order valence-corrected chi connectivity index (χ3v) is 3.45. The molecule has 0 bridgehead atoms. The molecule has 0 unspecified atom stereocenters. The Labute approximate surface area is 126 Å². The van der Waals surface area contributed by atoms with Gasteiger partial charge in [-0.25, -0.2) is 4.68 Å². The third kappa shape index (κ3) is 3.62. The molecule has 1 aromatic heterocycles. The van der Waals surface area contributed by atoms with Crippen molar-refractivity contribution in [2.75, 3.05) is 6.54 Å². The maximum atomic E-state index is 6.06. The van der Waals surface area contributed by atoms with Gasteiger partial charge in [-0.1, -0.05) is 38.4 Å². The third-order valence-electron chi connectivity index (χ3n) is 3.21. The summed E-state index contributed by atoms with van der Waals surface area (Å²) in [6.45, 7) is 8.46. The molecule has 2 rings (SSSR count). The van der Waals surface area contributed by atoms with E-state index in [0.717, 1.165) is 30.2 Å². The van der Waals surface area contributed by atoms with Gasteiger partial charge in [-0.05, 0) is 37.1 Å². The average molecular weight is 292 g/mol. The van der Waals surface area contributed by atoms with E-state index in [4.69, 9.17) is 11.6 Å². The zero-order valence-electron chi connectivity index (χ0n) is 12.4. The van der Waals surface area contributed by atoms with Crippen LogP contribution in [0.4, 0.5) is 0 Å². The molecule has 4 heteroatoms. The van der Waals surface area contributed by atoms with Gasteiger partial charge in [-0.15, -0.1) is 0 Å². The van der Waals surface area contributed by atoms with E-state index in [1.807, 2.05) is 35.1 Å². The molecular formula is C16H22ClN3. The van der Waals surface area contributed by atoms with E-state index in [2.05, 4.69) is 31.2 Å². The second-order valence-corrected chi connectivity index (χ2v) is 5.82. The van der Waals surface area contributed by atoms with Gasteiger partial charge in [0, 0.05) is 22.8 Å². The van der Waals surface area contributed by atoms with Crippen molar-refractivity contribution in [3.05, 3.63) is 46.7 Å². The number of nitrogens with zero attached hydrogens (tertiary/aromatic N) is 2. The van der Waals surface area contributed by atoms with Crippen molar-refractivity contribution >= 4 is 11.6 Å². The van der Waals surface area contributed by atoms with Gasteiger partial charge in [0.1, 0.15) is 0 Å². The molecule has 0 saturated heterocycles. The van der Waals surface area contributed by atoms with Crippen LogP contribution in [0, 0.1) is 5.92 Å². The summed E-state index contributed by atoms with van der Waals surface area (Å²) in [5, 5.41) is 8.72. The minimum atomic E-state index is 0.656. The maximum Gasteiger partial charge on any atom is 0.0663 e. The summed E-state index contributed by atoms with van der Waals surface area (Å²) in [7, 11) is 0. The van der Waals surface area contributed by atoms with Crippen LogP contribution in [-0.2, 0) is 13.0 Å². The fourth-order valence-corrected chi connectivity index (χ4v) is 2.44. The summed E-state index contributed by atoms with van der Waals surface area (Å²) in [5.41, 5.74) is 3.51. The Morgan fingerprint density at radius 3 is 2.80 bits per heavy atom. The van der Waals surface area contributed by atoms with Crippen LogP contribution in [0.1, 0.15) is 32.0 Å². The van der Waals surface area contributed by atoms with E-state index >= 15 is 0 Å². The van der Waals surface area contributed by atoms with Gasteiger partial charge < -0.3 is 5.32 Å². The van der Waals surface area contributed by atoms with Gasteiger partial charge in [-0.3, -0.25) is 0 Å². The molecule has 0 spiro atoms. The van der Waals surface area contributed by atoms with E-state index in [1.54, 1.807) is 0 Å². The largest absolute Gasteiger partial charge is 0.312 e. The predicted octanol–water partition coefficient (Wildman–Crippen LogP) is 3.83. The summed E-state index contributed by atoms with van der Waals surface area (Å²) in [6, 6.07) is 7.81. The van der Waals surface area contributed by atoms with Crippen LogP contribution >= 0.6 is 11.6 Å². The molecule has 2 aromatic rings. The highest BCUT2D eigenvalue weighted by atomic mass is 35.5. The number of halogens is 1. The summed E-state index contributed by atoms with van der Waals surface area (Å²) in [6.07, 6.45) is 2.90. The fraction of sp³-hybridized carbons (Fsp3) is 0.438. The standard InChI is InChI=1S/C16H22ClN3/c1-4-16-13(10-18-9-12(2)3)11-19-20(16)15-7-5-6-14(17)8-15/h5-8,11-12,18H,4,9-10H2,1-3H3. The second kappa shape index (κ2) is 6.91. The monoisotopic (exact) mass is 291 g/mol. The average Bonchev–Trinajstić information content (AvgIpc) is 2.81. The van der Waals surface area contributed by atoms with Crippen molar-refractivity contribution in [2.45, 2.75) is 33.7 Å².